The second-order valence-corrected chi connectivity index (χ2v) is 6.62. The minimum Gasteiger partial charge on any atom is -0.470 e. The van der Waals surface area contributed by atoms with Gasteiger partial charge in [0, 0.05) is 29.4 Å². The fourth-order valence-electron chi connectivity index (χ4n) is 2.80. The van der Waals surface area contributed by atoms with Crippen molar-refractivity contribution < 1.29 is 4.74 Å². The third-order valence-corrected chi connectivity index (χ3v) is 4.81. The van der Waals surface area contributed by atoms with Crippen LogP contribution in [-0.4, -0.2) is 21.4 Å². The van der Waals surface area contributed by atoms with Gasteiger partial charge in [0.2, 0.25) is 5.88 Å². The molecule has 0 N–H and O–H groups in total. The third kappa shape index (κ3) is 2.71. The Morgan fingerprint density at radius 1 is 1.25 bits per heavy atom. The normalized spacial score (nSPS) is 16.6. The Bertz CT molecular complexity index is 980. The minimum atomic E-state index is -0.0747. The summed E-state index contributed by atoms with van der Waals surface area (Å²) in [4.78, 5) is 16.8. The number of aromatic nitrogens is 2. The predicted octanol–water partition coefficient (Wildman–Crippen LogP) is 3.70. The highest BCUT2D eigenvalue weighted by Crippen LogP contribution is 2.27. The fraction of sp³-hybridized carbons (Fsp3) is 0.158. The molecule has 0 radical (unpaired) electrons. The number of para-hydroxylation sites is 1. The second-order valence-electron chi connectivity index (χ2n) is 5.68. The molecule has 4 rings (SSSR count). The fourth-order valence-corrected chi connectivity index (χ4v) is 3.57. The van der Waals surface area contributed by atoms with E-state index in [9.17, 15) is 4.79 Å². The highest BCUT2D eigenvalue weighted by Gasteiger charge is 2.17. The van der Waals surface area contributed by atoms with Gasteiger partial charge in [-0.25, -0.2) is 0 Å². The van der Waals surface area contributed by atoms with Crippen LogP contribution in [0.3, 0.4) is 0 Å². The summed E-state index contributed by atoms with van der Waals surface area (Å²) in [6.07, 6.45) is 3.64. The number of pyridine rings is 2. The molecule has 3 aromatic rings. The molecular weight excluding hydrogens is 320 g/mol. The topological polar surface area (TPSA) is 44.1 Å². The molecule has 0 amide bonds. The maximum atomic E-state index is 12.5. The van der Waals surface area contributed by atoms with E-state index in [4.69, 9.17) is 4.74 Å². The summed E-state index contributed by atoms with van der Waals surface area (Å²) < 4.78 is 8.11. The number of nitrogens with zero attached hydrogens (tertiary/aromatic N) is 2. The molecule has 0 saturated heterocycles. The number of fused-ring (bicyclic) bond motifs is 1. The first kappa shape index (κ1) is 15.0. The Morgan fingerprint density at radius 3 is 2.83 bits per heavy atom. The van der Waals surface area contributed by atoms with E-state index in [1.807, 2.05) is 59.4 Å². The van der Waals surface area contributed by atoms with Gasteiger partial charge in [0.05, 0.1) is 10.9 Å². The number of rotatable bonds is 3. The van der Waals surface area contributed by atoms with Crippen LogP contribution in [0.25, 0.3) is 16.6 Å². The zero-order valence-electron chi connectivity index (χ0n) is 13.2. The maximum Gasteiger partial charge on any atom is 0.203 e. The standard InChI is InChI=1S/C19H16N2O2S/c1-13-9-17-16(11-20-13)18(22)10-19(23-15-7-8-24-12-15)21(17)14-5-3-2-4-6-14/h2-11,15H,12H2,1H3. The molecule has 24 heavy (non-hydrogen) atoms. The quantitative estimate of drug-likeness (QED) is 0.731. The molecule has 120 valence electrons. The summed E-state index contributed by atoms with van der Waals surface area (Å²) >= 11 is 1.71. The van der Waals surface area contributed by atoms with Crippen molar-refractivity contribution in [2.45, 2.75) is 13.0 Å². The van der Waals surface area contributed by atoms with E-state index >= 15 is 0 Å². The number of ether oxygens (including phenoxy) is 1. The Hall–Kier alpha value is -2.53. The van der Waals surface area contributed by atoms with Crippen molar-refractivity contribution in [3.63, 3.8) is 0 Å². The summed E-state index contributed by atoms with van der Waals surface area (Å²) in [6.45, 7) is 1.92. The van der Waals surface area contributed by atoms with E-state index in [1.54, 1.807) is 24.0 Å². The van der Waals surface area contributed by atoms with Gasteiger partial charge in [-0.1, -0.05) is 18.2 Å². The lowest BCUT2D eigenvalue weighted by Gasteiger charge is -2.19. The van der Waals surface area contributed by atoms with Crippen molar-refractivity contribution in [1.29, 1.82) is 0 Å². The van der Waals surface area contributed by atoms with Gasteiger partial charge in [0.1, 0.15) is 6.10 Å². The van der Waals surface area contributed by atoms with Crippen LogP contribution in [0.2, 0.25) is 0 Å². The molecule has 2 aromatic heterocycles. The van der Waals surface area contributed by atoms with Gasteiger partial charge >= 0.3 is 0 Å². The summed E-state index contributed by atoms with van der Waals surface area (Å²) in [5, 5.41) is 2.62. The van der Waals surface area contributed by atoms with Crippen LogP contribution in [-0.2, 0) is 0 Å². The molecule has 1 unspecified atom stereocenters. The van der Waals surface area contributed by atoms with E-state index in [0.29, 0.717) is 11.3 Å². The first-order valence-corrected chi connectivity index (χ1v) is 8.80. The lowest BCUT2D eigenvalue weighted by Crippen LogP contribution is -2.19. The van der Waals surface area contributed by atoms with Crippen LogP contribution >= 0.6 is 11.8 Å². The molecule has 0 aliphatic carbocycles. The van der Waals surface area contributed by atoms with Gasteiger partial charge in [-0.15, -0.1) is 11.8 Å². The first-order valence-electron chi connectivity index (χ1n) is 7.75. The van der Waals surface area contributed by atoms with Gasteiger partial charge in [0.15, 0.2) is 5.43 Å². The van der Waals surface area contributed by atoms with Crippen molar-refractivity contribution >= 4 is 22.7 Å². The van der Waals surface area contributed by atoms with Gasteiger partial charge in [-0.05, 0) is 36.6 Å². The Labute approximate surface area is 143 Å². The molecule has 0 bridgehead atoms. The Morgan fingerprint density at radius 2 is 2.08 bits per heavy atom. The minimum absolute atomic E-state index is 0.0234. The SMILES string of the molecule is Cc1cc2c(cn1)c(=O)cc(OC1C=CSC1)n2-c1ccccc1. The molecule has 0 saturated carbocycles. The lowest BCUT2D eigenvalue weighted by atomic mass is 10.2. The van der Waals surface area contributed by atoms with E-state index in [1.165, 1.54) is 0 Å². The summed E-state index contributed by atoms with van der Waals surface area (Å²) in [6, 6.07) is 13.4. The summed E-state index contributed by atoms with van der Waals surface area (Å²) in [5.41, 5.74) is 2.55. The monoisotopic (exact) mass is 336 g/mol. The maximum absolute atomic E-state index is 12.5. The smallest absolute Gasteiger partial charge is 0.203 e. The van der Waals surface area contributed by atoms with Crippen molar-refractivity contribution in [3.05, 3.63) is 76.1 Å². The summed E-state index contributed by atoms with van der Waals surface area (Å²) in [7, 11) is 0. The zero-order chi connectivity index (χ0) is 16.5. The van der Waals surface area contributed by atoms with Crippen molar-refractivity contribution in [2.24, 2.45) is 0 Å². The lowest BCUT2D eigenvalue weighted by molar-refractivity contribution is 0.260. The molecule has 0 spiro atoms. The average molecular weight is 336 g/mol. The number of aryl methyl sites for hydroxylation is 1. The van der Waals surface area contributed by atoms with E-state index in [-0.39, 0.29) is 11.5 Å². The van der Waals surface area contributed by atoms with Crippen LogP contribution in [0.5, 0.6) is 5.88 Å². The number of benzene rings is 1. The van der Waals surface area contributed by atoms with Gasteiger partial charge in [-0.3, -0.25) is 14.3 Å². The van der Waals surface area contributed by atoms with E-state index in [2.05, 4.69) is 4.98 Å². The largest absolute Gasteiger partial charge is 0.470 e. The van der Waals surface area contributed by atoms with Gasteiger partial charge in [0.25, 0.3) is 0 Å². The third-order valence-electron chi connectivity index (χ3n) is 3.94. The number of hydrogen-bond donors (Lipinski definition) is 0. The molecule has 4 nitrogen and oxygen atoms in total. The second kappa shape index (κ2) is 6.17. The molecule has 0 fully saturated rings. The molecule has 3 heterocycles. The Balaban J connectivity index is 1.99. The molecular formula is C19H16N2O2S. The predicted molar refractivity (Wildman–Crippen MR) is 98.1 cm³/mol. The van der Waals surface area contributed by atoms with Crippen LogP contribution in [0.1, 0.15) is 5.69 Å². The van der Waals surface area contributed by atoms with Gasteiger partial charge in [-0.2, -0.15) is 0 Å². The highest BCUT2D eigenvalue weighted by molar-refractivity contribution is 8.02. The first-order chi connectivity index (χ1) is 11.7. The molecule has 1 atom stereocenters. The molecule has 5 heteroatoms. The van der Waals surface area contributed by atoms with Gasteiger partial charge < -0.3 is 4.74 Å². The van der Waals surface area contributed by atoms with Crippen molar-refractivity contribution in [3.8, 4) is 11.6 Å². The molecule has 1 aliphatic heterocycles. The number of thioether (sulfide) groups is 1. The van der Waals surface area contributed by atoms with E-state index < -0.39 is 0 Å². The average Bonchev–Trinajstić information content (AvgIpc) is 3.08. The summed E-state index contributed by atoms with van der Waals surface area (Å²) in [5.74, 6) is 1.41. The molecule has 1 aromatic carbocycles. The van der Waals surface area contributed by atoms with Crippen molar-refractivity contribution in [2.75, 3.05) is 5.75 Å². The van der Waals surface area contributed by atoms with Crippen LogP contribution < -0.4 is 10.2 Å². The Kier molecular flexibility index (Phi) is 3.86. The van der Waals surface area contributed by atoms with Crippen LogP contribution in [0, 0.1) is 6.92 Å². The molecule has 1 aliphatic rings. The zero-order valence-corrected chi connectivity index (χ0v) is 14.0. The number of hydrogen-bond acceptors (Lipinski definition) is 4. The highest BCUT2D eigenvalue weighted by atomic mass is 32.2. The van der Waals surface area contributed by atoms with Crippen molar-refractivity contribution in [1.82, 2.24) is 9.55 Å². The van der Waals surface area contributed by atoms with Crippen LogP contribution in [0.4, 0.5) is 0 Å². The van der Waals surface area contributed by atoms with Crippen LogP contribution in [0.15, 0.2) is 64.9 Å². The van der Waals surface area contributed by atoms with E-state index in [0.717, 1.165) is 22.7 Å².